The van der Waals surface area contributed by atoms with Crippen molar-refractivity contribution in [1.82, 2.24) is 30.2 Å². The van der Waals surface area contributed by atoms with E-state index in [0.29, 0.717) is 31.2 Å². The molecule has 0 saturated carbocycles. The van der Waals surface area contributed by atoms with Gasteiger partial charge in [0.25, 0.3) is 0 Å². The van der Waals surface area contributed by atoms with Crippen LogP contribution in [0.15, 0.2) is 30.5 Å². The standard InChI is InChI=1S/C23H25N9O/c1-15-9-16-7-8-32(11-18(16)22(25-15)31-13-23(2,12-24)14-31)27-19-6-5-17(10-20(19)33-4)21-26-28-29-30(21)3/h5-10,27H,11,13-14H2,1-4H3. The quantitative estimate of drug-likeness (QED) is 0.637. The van der Waals surface area contributed by atoms with Gasteiger partial charge in [-0.25, -0.2) is 9.67 Å². The number of aromatic nitrogens is 5. The molecule has 1 aromatic carbocycles. The molecule has 0 unspecified atom stereocenters. The number of hydrazine groups is 1. The molecule has 4 heterocycles. The molecule has 1 N–H and O–H groups in total. The second-order valence-electron chi connectivity index (χ2n) is 8.78. The summed E-state index contributed by atoms with van der Waals surface area (Å²) in [7, 11) is 3.44. The highest BCUT2D eigenvalue weighted by molar-refractivity contribution is 5.69. The minimum atomic E-state index is -0.311. The average molecular weight is 444 g/mol. The van der Waals surface area contributed by atoms with E-state index >= 15 is 0 Å². The summed E-state index contributed by atoms with van der Waals surface area (Å²) in [6.07, 6.45) is 4.10. The predicted molar refractivity (Wildman–Crippen MR) is 124 cm³/mol. The number of benzene rings is 1. The van der Waals surface area contributed by atoms with Gasteiger partial charge in [0.15, 0.2) is 5.82 Å². The number of nitrogens with zero attached hydrogens (tertiary/aromatic N) is 8. The number of aryl methyl sites for hydroxylation is 2. The van der Waals surface area contributed by atoms with E-state index in [4.69, 9.17) is 9.72 Å². The molecule has 0 radical (unpaired) electrons. The van der Waals surface area contributed by atoms with Crippen LogP contribution in [0, 0.1) is 23.7 Å². The summed E-state index contributed by atoms with van der Waals surface area (Å²) in [4.78, 5) is 7.01. The van der Waals surface area contributed by atoms with Crippen LogP contribution < -0.4 is 15.1 Å². The maximum Gasteiger partial charge on any atom is 0.181 e. The largest absolute Gasteiger partial charge is 0.494 e. The summed E-state index contributed by atoms with van der Waals surface area (Å²) in [6, 6.07) is 10.3. The van der Waals surface area contributed by atoms with Crippen LogP contribution in [0.1, 0.15) is 23.7 Å². The summed E-state index contributed by atoms with van der Waals surface area (Å²) in [5.41, 5.74) is 8.07. The first kappa shape index (κ1) is 20.8. The van der Waals surface area contributed by atoms with Crippen molar-refractivity contribution in [3.63, 3.8) is 0 Å². The van der Waals surface area contributed by atoms with E-state index in [1.165, 1.54) is 0 Å². The fraction of sp³-hybridized carbons (Fsp3) is 0.348. The van der Waals surface area contributed by atoms with Gasteiger partial charge in [0.1, 0.15) is 11.6 Å². The zero-order valence-electron chi connectivity index (χ0n) is 19.1. The molecule has 1 saturated heterocycles. The van der Waals surface area contributed by atoms with E-state index in [2.05, 4.69) is 44.1 Å². The Hall–Kier alpha value is -4.13. The number of nitrogens with one attached hydrogen (secondary N) is 1. The lowest BCUT2D eigenvalue weighted by Gasteiger charge is -2.45. The lowest BCUT2D eigenvalue weighted by molar-refractivity contribution is 0.331. The SMILES string of the molecule is COc1cc(-c2nnnn2C)ccc1NN1C=Cc2cc(C)nc(N3CC(C)(C#N)C3)c2C1. The Morgan fingerprint density at radius 3 is 2.76 bits per heavy atom. The van der Waals surface area contributed by atoms with Crippen LogP contribution in [0.2, 0.25) is 0 Å². The molecule has 0 amide bonds. The number of nitriles is 1. The smallest absolute Gasteiger partial charge is 0.181 e. The lowest BCUT2D eigenvalue weighted by Crippen LogP contribution is -2.55. The number of anilines is 2. The number of pyridine rings is 1. The Bertz CT molecular complexity index is 1280. The normalized spacial score (nSPS) is 16.1. The summed E-state index contributed by atoms with van der Waals surface area (Å²) in [6.45, 7) is 6.01. The molecule has 2 aliphatic rings. The highest BCUT2D eigenvalue weighted by Gasteiger charge is 2.41. The van der Waals surface area contributed by atoms with Gasteiger partial charge in [-0.05, 0) is 60.2 Å². The summed E-state index contributed by atoms with van der Waals surface area (Å²) in [5.74, 6) is 2.30. The van der Waals surface area contributed by atoms with Crippen molar-refractivity contribution < 1.29 is 4.74 Å². The Morgan fingerprint density at radius 2 is 2.06 bits per heavy atom. The van der Waals surface area contributed by atoms with Crippen LogP contribution in [-0.2, 0) is 13.6 Å². The molecule has 3 aromatic rings. The van der Waals surface area contributed by atoms with E-state index in [1.54, 1.807) is 18.8 Å². The van der Waals surface area contributed by atoms with E-state index in [0.717, 1.165) is 33.9 Å². The van der Waals surface area contributed by atoms with E-state index < -0.39 is 0 Å². The highest BCUT2D eigenvalue weighted by atomic mass is 16.5. The molecule has 2 aliphatic heterocycles. The van der Waals surface area contributed by atoms with Crippen molar-refractivity contribution in [2.24, 2.45) is 12.5 Å². The topological polar surface area (TPSA) is 108 Å². The van der Waals surface area contributed by atoms with Gasteiger partial charge in [-0.15, -0.1) is 5.10 Å². The number of tetrazole rings is 1. The van der Waals surface area contributed by atoms with Crippen LogP contribution in [-0.4, -0.2) is 50.4 Å². The van der Waals surface area contributed by atoms with E-state index in [9.17, 15) is 5.26 Å². The molecular formula is C23H25N9O. The second-order valence-corrected chi connectivity index (χ2v) is 8.78. The second kappa shape index (κ2) is 7.78. The number of rotatable bonds is 5. The first-order chi connectivity index (χ1) is 15.9. The van der Waals surface area contributed by atoms with E-state index in [-0.39, 0.29) is 5.41 Å². The molecule has 10 heteroatoms. The van der Waals surface area contributed by atoms with Crippen LogP contribution >= 0.6 is 0 Å². The monoisotopic (exact) mass is 443 g/mol. The minimum Gasteiger partial charge on any atom is -0.494 e. The zero-order valence-corrected chi connectivity index (χ0v) is 19.1. The van der Waals surface area contributed by atoms with Crippen molar-refractivity contribution >= 4 is 17.6 Å². The zero-order chi connectivity index (χ0) is 23.2. The molecule has 0 bridgehead atoms. The molecule has 168 valence electrons. The minimum absolute atomic E-state index is 0.311. The Balaban J connectivity index is 1.39. The van der Waals surface area contributed by atoms with Crippen LogP contribution in [0.4, 0.5) is 11.5 Å². The van der Waals surface area contributed by atoms with Gasteiger partial charge >= 0.3 is 0 Å². The summed E-state index contributed by atoms with van der Waals surface area (Å²) >= 11 is 0. The van der Waals surface area contributed by atoms with Crippen LogP contribution in [0.25, 0.3) is 17.5 Å². The maximum atomic E-state index is 9.40. The number of hydrogen-bond donors (Lipinski definition) is 1. The van der Waals surface area contributed by atoms with Crippen LogP contribution in [0.3, 0.4) is 0 Å². The van der Waals surface area contributed by atoms with Crippen molar-refractivity contribution in [1.29, 1.82) is 5.26 Å². The highest BCUT2D eigenvalue weighted by Crippen LogP contribution is 2.38. The molecule has 10 nitrogen and oxygen atoms in total. The molecule has 2 aromatic heterocycles. The third-order valence-corrected chi connectivity index (χ3v) is 6.02. The van der Waals surface area contributed by atoms with E-state index in [1.807, 2.05) is 43.3 Å². The van der Waals surface area contributed by atoms with Gasteiger partial charge in [-0.1, -0.05) is 0 Å². The van der Waals surface area contributed by atoms with Gasteiger partial charge in [-0.3, -0.25) is 10.4 Å². The fourth-order valence-corrected chi connectivity index (χ4v) is 4.32. The fourth-order valence-electron chi connectivity index (χ4n) is 4.32. The molecule has 33 heavy (non-hydrogen) atoms. The Labute approximate surface area is 192 Å². The molecule has 0 atom stereocenters. The van der Waals surface area contributed by atoms with Gasteiger partial charge in [0.2, 0.25) is 0 Å². The van der Waals surface area contributed by atoms with Crippen molar-refractivity contribution in [3.8, 4) is 23.2 Å². The third-order valence-electron chi connectivity index (χ3n) is 6.02. The number of methoxy groups -OCH3 is 1. The first-order valence-electron chi connectivity index (χ1n) is 10.7. The van der Waals surface area contributed by atoms with Gasteiger partial charge < -0.3 is 9.64 Å². The van der Waals surface area contributed by atoms with Crippen LogP contribution in [0.5, 0.6) is 5.75 Å². The molecule has 0 spiro atoms. The van der Waals surface area contributed by atoms with Gasteiger partial charge in [0.05, 0.1) is 30.8 Å². The summed E-state index contributed by atoms with van der Waals surface area (Å²) in [5, 5.41) is 23.1. The van der Waals surface area contributed by atoms with Gasteiger partial charge in [0, 0.05) is 43.2 Å². The number of ether oxygens (including phenoxy) is 1. The summed E-state index contributed by atoms with van der Waals surface area (Å²) < 4.78 is 7.25. The van der Waals surface area contributed by atoms with Crippen molar-refractivity contribution in [2.75, 3.05) is 30.5 Å². The molecular weight excluding hydrogens is 418 g/mol. The Morgan fingerprint density at radius 1 is 1.24 bits per heavy atom. The third kappa shape index (κ3) is 3.71. The van der Waals surface area contributed by atoms with Crippen molar-refractivity contribution in [3.05, 3.63) is 47.3 Å². The molecule has 5 rings (SSSR count). The number of hydrogen-bond acceptors (Lipinski definition) is 9. The lowest BCUT2D eigenvalue weighted by atomic mass is 9.83. The first-order valence-corrected chi connectivity index (χ1v) is 10.7. The predicted octanol–water partition coefficient (Wildman–Crippen LogP) is 2.75. The maximum absolute atomic E-state index is 9.40. The average Bonchev–Trinajstić information content (AvgIpc) is 3.22. The Kier molecular flexibility index (Phi) is 4.89. The molecule has 0 aliphatic carbocycles. The van der Waals surface area contributed by atoms with Gasteiger partial charge in [-0.2, -0.15) is 5.26 Å². The van der Waals surface area contributed by atoms with Crippen molar-refractivity contribution in [2.45, 2.75) is 20.4 Å². The number of fused-ring (bicyclic) bond motifs is 1. The molecule has 1 fully saturated rings.